The van der Waals surface area contributed by atoms with Gasteiger partial charge in [-0.3, -0.25) is 0 Å². The lowest BCUT2D eigenvalue weighted by Crippen LogP contribution is -2.31. The summed E-state index contributed by atoms with van der Waals surface area (Å²) >= 11 is 0. The van der Waals surface area contributed by atoms with Gasteiger partial charge in [0.1, 0.15) is 15.7 Å². The SMILES string of the molecule is [B]c1cc2c(cc1[B])C1(/C(=C/C=C\C)C(=C)C(=C/C)/C1=C\C=C)c1ccccc1-2. The van der Waals surface area contributed by atoms with E-state index in [2.05, 4.69) is 68.7 Å². The predicted molar refractivity (Wildman–Crippen MR) is 128 cm³/mol. The molecular formula is C27H22B2. The highest BCUT2D eigenvalue weighted by atomic mass is 14.5. The highest BCUT2D eigenvalue weighted by Gasteiger charge is 2.54. The lowest BCUT2D eigenvalue weighted by atomic mass is 9.68. The van der Waals surface area contributed by atoms with Crippen molar-refractivity contribution in [2.24, 2.45) is 0 Å². The molecule has 1 unspecified atom stereocenters. The molecule has 2 aromatic carbocycles. The minimum atomic E-state index is -0.486. The third-order valence-electron chi connectivity index (χ3n) is 6.03. The van der Waals surface area contributed by atoms with Gasteiger partial charge in [-0.05, 0) is 58.4 Å². The first-order valence-electron chi connectivity index (χ1n) is 9.84. The molecule has 0 N–H and O–H groups in total. The second-order valence-electron chi connectivity index (χ2n) is 7.43. The van der Waals surface area contributed by atoms with Crippen molar-refractivity contribution in [1.29, 1.82) is 0 Å². The van der Waals surface area contributed by atoms with Crippen LogP contribution in [0.4, 0.5) is 0 Å². The molecule has 4 rings (SSSR count). The Morgan fingerprint density at radius 2 is 1.62 bits per heavy atom. The van der Waals surface area contributed by atoms with Gasteiger partial charge in [-0.15, -0.1) is 10.9 Å². The van der Waals surface area contributed by atoms with Gasteiger partial charge in [0.05, 0.1) is 5.41 Å². The molecule has 0 aliphatic heterocycles. The first kappa shape index (κ1) is 19.3. The number of hydrogen-bond donors (Lipinski definition) is 0. The number of allylic oxidation sites excluding steroid dienone is 10. The van der Waals surface area contributed by atoms with E-state index in [1.807, 2.05) is 31.2 Å². The van der Waals surface area contributed by atoms with Crippen LogP contribution in [0.2, 0.25) is 0 Å². The summed E-state index contributed by atoms with van der Waals surface area (Å²) in [7, 11) is 12.5. The van der Waals surface area contributed by atoms with E-state index >= 15 is 0 Å². The van der Waals surface area contributed by atoms with Gasteiger partial charge < -0.3 is 0 Å². The van der Waals surface area contributed by atoms with Crippen LogP contribution in [0.3, 0.4) is 0 Å². The summed E-state index contributed by atoms with van der Waals surface area (Å²) in [6, 6.07) is 12.6. The van der Waals surface area contributed by atoms with Gasteiger partial charge in [0.25, 0.3) is 0 Å². The molecule has 1 fully saturated rings. The van der Waals surface area contributed by atoms with Gasteiger partial charge in [0.2, 0.25) is 0 Å². The zero-order valence-corrected chi connectivity index (χ0v) is 17.0. The van der Waals surface area contributed by atoms with E-state index in [0.29, 0.717) is 10.9 Å². The third-order valence-corrected chi connectivity index (χ3v) is 6.03. The largest absolute Gasteiger partial charge is 0.113 e. The van der Waals surface area contributed by atoms with Gasteiger partial charge in [-0.2, -0.15) is 0 Å². The minimum Gasteiger partial charge on any atom is -0.103 e. The molecule has 0 bridgehead atoms. The molecule has 0 saturated heterocycles. The molecule has 0 amide bonds. The van der Waals surface area contributed by atoms with Crippen molar-refractivity contribution in [2.45, 2.75) is 19.3 Å². The topological polar surface area (TPSA) is 0 Å². The van der Waals surface area contributed by atoms with Crippen molar-refractivity contribution in [1.82, 2.24) is 0 Å². The molecule has 29 heavy (non-hydrogen) atoms. The second kappa shape index (κ2) is 7.12. The zero-order valence-electron chi connectivity index (χ0n) is 17.0. The monoisotopic (exact) mass is 368 g/mol. The smallest absolute Gasteiger partial charge is 0.103 e. The Balaban J connectivity index is 2.25. The quantitative estimate of drug-likeness (QED) is 0.676. The Bertz CT molecular complexity index is 1170. The summed E-state index contributed by atoms with van der Waals surface area (Å²) in [6.45, 7) is 12.5. The van der Waals surface area contributed by atoms with E-state index in [4.69, 9.17) is 15.7 Å². The molecule has 4 radical (unpaired) electrons. The van der Waals surface area contributed by atoms with Crippen molar-refractivity contribution < 1.29 is 0 Å². The average molecular weight is 368 g/mol. The van der Waals surface area contributed by atoms with Crippen LogP contribution < -0.4 is 10.9 Å². The van der Waals surface area contributed by atoms with Gasteiger partial charge in [0.15, 0.2) is 0 Å². The van der Waals surface area contributed by atoms with Crippen LogP contribution in [0.15, 0.2) is 108 Å². The Labute approximate surface area is 176 Å². The maximum Gasteiger partial charge on any atom is 0.113 e. The average Bonchev–Trinajstić information content (AvgIpc) is 3.12. The van der Waals surface area contributed by atoms with E-state index < -0.39 is 5.41 Å². The fourth-order valence-corrected chi connectivity index (χ4v) is 4.90. The summed E-state index contributed by atoms with van der Waals surface area (Å²) in [6.07, 6.45) is 12.4. The number of rotatable bonds is 2. The van der Waals surface area contributed by atoms with Crippen LogP contribution in [0.25, 0.3) is 11.1 Å². The van der Waals surface area contributed by atoms with E-state index in [-0.39, 0.29) is 0 Å². The van der Waals surface area contributed by atoms with Crippen molar-refractivity contribution in [3.8, 4) is 11.1 Å². The van der Waals surface area contributed by atoms with E-state index in [1.54, 1.807) is 0 Å². The van der Waals surface area contributed by atoms with Crippen LogP contribution in [0.1, 0.15) is 25.0 Å². The fourth-order valence-electron chi connectivity index (χ4n) is 4.90. The molecule has 0 heterocycles. The van der Waals surface area contributed by atoms with Crippen LogP contribution in [-0.4, -0.2) is 15.7 Å². The van der Waals surface area contributed by atoms with Crippen molar-refractivity contribution >= 4 is 26.6 Å². The normalized spacial score (nSPS) is 24.2. The Kier molecular flexibility index (Phi) is 4.74. The summed E-state index contributed by atoms with van der Waals surface area (Å²) in [5, 5.41) is 0. The molecule has 0 aromatic heterocycles. The predicted octanol–water partition coefficient (Wildman–Crippen LogP) is 4.67. The molecule has 2 aliphatic carbocycles. The standard InChI is InChI=1S/C27H22B2/c1-5-8-13-21-17(4)18(7-3)22(11-6-2)27(21)23-14-10-9-12-19(23)20-15-25(28)26(29)16-24(20)27/h5-16H,2,4H2,1,3H3/b8-5-,18-7-,21-13+,22-11+. The molecule has 2 aliphatic rings. The molecule has 1 saturated carbocycles. The molecule has 1 atom stereocenters. The van der Waals surface area contributed by atoms with Crippen LogP contribution in [0.5, 0.6) is 0 Å². The molecule has 0 nitrogen and oxygen atoms in total. The summed E-state index contributed by atoms with van der Waals surface area (Å²) in [5.41, 5.74) is 9.88. The molecule has 1 spiro atoms. The van der Waals surface area contributed by atoms with Crippen molar-refractivity contribution in [3.63, 3.8) is 0 Å². The Hall–Kier alpha value is -2.99. The molecule has 136 valence electrons. The second-order valence-corrected chi connectivity index (χ2v) is 7.43. The molecular weight excluding hydrogens is 346 g/mol. The zero-order chi connectivity index (χ0) is 20.8. The van der Waals surface area contributed by atoms with Crippen molar-refractivity contribution in [3.05, 3.63) is 119 Å². The Morgan fingerprint density at radius 1 is 0.897 bits per heavy atom. The summed E-state index contributed by atoms with van der Waals surface area (Å²) in [5.74, 6) is 0. The highest BCUT2D eigenvalue weighted by molar-refractivity contribution is 6.49. The van der Waals surface area contributed by atoms with Crippen LogP contribution >= 0.6 is 0 Å². The van der Waals surface area contributed by atoms with Crippen LogP contribution in [-0.2, 0) is 5.41 Å². The number of hydrogen-bond acceptors (Lipinski definition) is 0. The first-order chi connectivity index (χ1) is 14.0. The molecule has 2 aromatic rings. The minimum absolute atomic E-state index is 0.486. The van der Waals surface area contributed by atoms with E-state index in [9.17, 15) is 0 Å². The van der Waals surface area contributed by atoms with Gasteiger partial charge >= 0.3 is 0 Å². The van der Waals surface area contributed by atoms with Gasteiger partial charge in [-0.25, -0.2) is 0 Å². The maximum atomic E-state index is 6.31. The first-order valence-corrected chi connectivity index (χ1v) is 9.84. The lowest BCUT2D eigenvalue weighted by Gasteiger charge is -2.31. The fraction of sp³-hybridized carbons (Fsp3) is 0.111. The lowest BCUT2D eigenvalue weighted by molar-refractivity contribution is 0.790. The maximum absolute atomic E-state index is 6.31. The number of fused-ring (bicyclic) bond motifs is 5. The summed E-state index contributed by atoms with van der Waals surface area (Å²) < 4.78 is 0. The highest BCUT2D eigenvalue weighted by Crippen LogP contribution is 2.64. The van der Waals surface area contributed by atoms with Gasteiger partial charge in [0, 0.05) is 0 Å². The van der Waals surface area contributed by atoms with Crippen LogP contribution in [0, 0.1) is 0 Å². The molecule has 2 heteroatoms. The van der Waals surface area contributed by atoms with E-state index in [0.717, 1.165) is 27.8 Å². The van der Waals surface area contributed by atoms with Crippen molar-refractivity contribution in [2.75, 3.05) is 0 Å². The number of benzene rings is 2. The van der Waals surface area contributed by atoms with Gasteiger partial charge in [-0.1, -0.05) is 86.0 Å². The third kappa shape index (κ3) is 2.48. The van der Waals surface area contributed by atoms with E-state index in [1.165, 1.54) is 16.7 Å². The Morgan fingerprint density at radius 3 is 2.31 bits per heavy atom. The summed E-state index contributed by atoms with van der Waals surface area (Å²) in [4.78, 5) is 0.